The minimum Gasteiger partial charge on any atom is -0.303 e. The van der Waals surface area contributed by atoms with Crippen LogP contribution in [0.15, 0.2) is 18.5 Å². The molecule has 2 aromatic rings. The topological polar surface area (TPSA) is 42.7 Å². The van der Waals surface area contributed by atoms with E-state index in [1.165, 1.54) is 0 Å². The van der Waals surface area contributed by atoms with Crippen LogP contribution in [0.25, 0.3) is 0 Å². The molecule has 0 bridgehead atoms. The Labute approximate surface area is 126 Å². The fraction of sp³-hybridized carbons (Fsp3) is 0.333. The minimum atomic E-state index is 0.0195. The second kappa shape index (κ2) is 6.09. The van der Waals surface area contributed by atoms with E-state index in [4.69, 9.17) is 34.8 Å². The van der Waals surface area contributed by atoms with Gasteiger partial charge in [-0.25, -0.2) is 4.98 Å². The van der Waals surface area contributed by atoms with Crippen molar-refractivity contribution in [3.8, 4) is 0 Å². The number of nitrogens with zero attached hydrogens (tertiary/aromatic N) is 3. The summed E-state index contributed by atoms with van der Waals surface area (Å²) in [5, 5.41) is 8.79. The Morgan fingerprint density at radius 3 is 2.63 bits per heavy atom. The van der Waals surface area contributed by atoms with Crippen molar-refractivity contribution in [2.24, 2.45) is 7.05 Å². The van der Waals surface area contributed by atoms with Gasteiger partial charge in [-0.15, -0.1) is 0 Å². The van der Waals surface area contributed by atoms with Gasteiger partial charge in [0.25, 0.3) is 0 Å². The van der Waals surface area contributed by atoms with Crippen molar-refractivity contribution in [2.45, 2.75) is 19.5 Å². The lowest BCUT2D eigenvalue weighted by Crippen LogP contribution is -2.19. The molecule has 7 heteroatoms. The summed E-state index contributed by atoms with van der Waals surface area (Å²) in [6, 6.07) is 3.62. The highest BCUT2D eigenvalue weighted by molar-refractivity contribution is 6.48. The van der Waals surface area contributed by atoms with Crippen molar-refractivity contribution in [2.75, 3.05) is 0 Å². The maximum atomic E-state index is 6.19. The third-order valence-electron chi connectivity index (χ3n) is 2.74. The second-order valence-corrected chi connectivity index (χ2v) is 5.36. The van der Waals surface area contributed by atoms with Crippen LogP contribution in [-0.2, 0) is 13.6 Å². The predicted octanol–water partition coefficient (Wildman–Crippen LogP) is 3.63. The second-order valence-electron chi connectivity index (χ2n) is 4.20. The smallest absolute Gasteiger partial charge is 0.164 e. The van der Waals surface area contributed by atoms with Gasteiger partial charge in [0, 0.05) is 13.1 Å². The summed E-state index contributed by atoms with van der Waals surface area (Å²) in [5.74, 6) is 0.727. The van der Waals surface area contributed by atoms with Gasteiger partial charge in [-0.05, 0) is 18.6 Å². The summed E-state index contributed by atoms with van der Waals surface area (Å²) in [6.45, 7) is 2.55. The molecule has 0 radical (unpaired) electrons. The number of benzene rings is 1. The number of hydrogen-bond acceptors (Lipinski definition) is 3. The molecule has 0 aliphatic carbocycles. The molecule has 1 N–H and O–H groups in total. The van der Waals surface area contributed by atoms with Crippen molar-refractivity contribution in [3.05, 3.63) is 44.9 Å². The lowest BCUT2D eigenvalue weighted by Gasteiger charge is -2.16. The summed E-state index contributed by atoms with van der Waals surface area (Å²) in [6.07, 6.45) is 1.66. The van der Waals surface area contributed by atoms with Crippen LogP contribution in [-0.4, -0.2) is 14.8 Å². The van der Waals surface area contributed by atoms with E-state index < -0.39 is 0 Å². The molecule has 2 rings (SSSR count). The normalized spacial score (nSPS) is 12.7. The molecule has 0 spiro atoms. The molecule has 1 heterocycles. The molecule has 1 atom stereocenters. The molecule has 0 saturated heterocycles. The minimum absolute atomic E-state index is 0.0195. The molecule has 0 saturated carbocycles. The third-order valence-corrected chi connectivity index (χ3v) is 4.05. The van der Waals surface area contributed by atoms with Gasteiger partial charge in [0.05, 0.1) is 21.6 Å². The van der Waals surface area contributed by atoms with E-state index >= 15 is 0 Å². The number of aromatic nitrogens is 3. The first-order valence-corrected chi connectivity index (χ1v) is 6.83. The molecular formula is C12H13Cl3N4. The van der Waals surface area contributed by atoms with Crippen LogP contribution in [0.3, 0.4) is 0 Å². The Bertz CT molecular complexity index is 582. The highest BCUT2D eigenvalue weighted by Crippen LogP contribution is 2.35. The van der Waals surface area contributed by atoms with Crippen molar-refractivity contribution in [1.82, 2.24) is 20.1 Å². The summed E-state index contributed by atoms with van der Waals surface area (Å²) in [4.78, 5) is 4.14. The first-order valence-electron chi connectivity index (χ1n) is 5.70. The molecule has 19 heavy (non-hydrogen) atoms. The molecule has 0 aliphatic rings. The molecular weight excluding hydrogens is 307 g/mol. The molecule has 0 aliphatic heterocycles. The lowest BCUT2D eigenvalue weighted by atomic mass is 10.1. The number of halogens is 3. The lowest BCUT2D eigenvalue weighted by molar-refractivity contribution is 0.556. The largest absolute Gasteiger partial charge is 0.303 e. The van der Waals surface area contributed by atoms with Crippen LogP contribution in [0, 0.1) is 0 Å². The number of aryl methyl sites for hydroxylation is 1. The summed E-state index contributed by atoms with van der Waals surface area (Å²) in [5.41, 5.74) is 0.895. The van der Waals surface area contributed by atoms with Gasteiger partial charge in [-0.3, -0.25) is 4.68 Å². The Kier molecular flexibility index (Phi) is 4.68. The maximum Gasteiger partial charge on any atom is 0.164 e. The Morgan fingerprint density at radius 1 is 1.26 bits per heavy atom. The number of nitrogens with one attached hydrogen (secondary N) is 1. The predicted molar refractivity (Wildman–Crippen MR) is 77.7 cm³/mol. The average molecular weight is 320 g/mol. The maximum absolute atomic E-state index is 6.19. The summed E-state index contributed by atoms with van der Waals surface area (Å²) < 4.78 is 1.66. The van der Waals surface area contributed by atoms with Gasteiger partial charge in [-0.1, -0.05) is 40.9 Å². The van der Waals surface area contributed by atoms with Crippen molar-refractivity contribution >= 4 is 34.8 Å². The monoisotopic (exact) mass is 318 g/mol. The molecule has 4 nitrogen and oxygen atoms in total. The van der Waals surface area contributed by atoms with Gasteiger partial charge in [0.2, 0.25) is 0 Å². The van der Waals surface area contributed by atoms with E-state index in [1.807, 2.05) is 20.0 Å². The van der Waals surface area contributed by atoms with Crippen molar-refractivity contribution in [3.63, 3.8) is 0 Å². The van der Waals surface area contributed by atoms with E-state index in [9.17, 15) is 0 Å². The van der Waals surface area contributed by atoms with Gasteiger partial charge >= 0.3 is 0 Å². The van der Waals surface area contributed by atoms with Crippen LogP contribution in [0.2, 0.25) is 15.1 Å². The highest BCUT2D eigenvalue weighted by Gasteiger charge is 2.14. The van der Waals surface area contributed by atoms with Gasteiger partial charge in [0.15, 0.2) is 5.82 Å². The summed E-state index contributed by atoms with van der Waals surface area (Å²) >= 11 is 18.1. The van der Waals surface area contributed by atoms with Crippen LogP contribution < -0.4 is 5.32 Å². The van der Waals surface area contributed by atoms with Crippen molar-refractivity contribution < 1.29 is 0 Å². The average Bonchev–Trinajstić information content (AvgIpc) is 2.79. The Balaban J connectivity index is 2.08. The third kappa shape index (κ3) is 3.39. The zero-order valence-corrected chi connectivity index (χ0v) is 12.8. The highest BCUT2D eigenvalue weighted by atomic mass is 35.5. The SMILES string of the molecule is CC(NCc1ncn(C)n1)c1ccc(Cl)c(Cl)c1Cl. The fourth-order valence-corrected chi connectivity index (χ4v) is 2.40. The van der Waals surface area contributed by atoms with Crippen molar-refractivity contribution in [1.29, 1.82) is 0 Å². The standard InChI is InChI=1S/C12H13Cl3N4/c1-7(16-5-10-17-6-19(2)18-10)8-3-4-9(13)12(15)11(8)14/h3-4,6-7,16H,5H2,1-2H3. The molecule has 0 amide bonds. The van der Waals surface area contributed by atoms with E-state index in [0.717, 1.165) is 11.4 Å². The summed E-state index contributed by atoms with van der Waals surface area (Å²) in [7, 11) is 1.83. The Morgan fingerprint density at radius 2 is 2.00 bits per heavy atom. The molecule has 102 valence electrons. The number of rotatable bonds is 4. The molecule has 1 aromatic heterocycles. The van der Waals surface area contributed by atoms with E-state index in [1.54, 1.807) is 17.1 Å². The first-order chi connectivity index (χ1) is 8.99. The zero-order chi connectivity index (χ0) is 14.0. The van der Waals surface area contributed by atoms with Gasteiger partial charge in [0.1, 0.15) is 6.33 Å². The van der Waals surface area contributed by atoms with E-state index in [2.05, 4.69) is 15.4 Å². The first kappa shape index (κ1) is 14.6. The fourth-order valence-electron chi connectivity index (χ4n) is 1.69. The van der Waals surface area contributed by atoms with Gasteiger partial charge < -0.3 is 5.32 Å². The Hall–Kier alpha value is -0.810. The van der Waals surface area contributed by atoms with Crippen LogP contribution in [0.5, 0.6) is 0 Å². The molecule has 0 fully saturated rings. The molecule has 1 unspecified atom stereocenters. The quantitative estimate of drug-likeness (QED) is 0.875. The van der Waals surface area contributed by atoms with E-state index in [0.29, 0.717) is 21.6 Å². The molecule has 1 aromatic carbocycles. The van der Waals surface area contributed by atoms with Gasteiger partial charge in [-0.2, -0.15) is 5.10 Å². The number of hydrogen-bond donors (Lipinski definition) is 1. The van der Waals surface area contributed by atoms with Crippen LogP contribution in [0.1, 0.15) is 24.4 Å². The van der Waals surface area contributed by atoms with E-state index in [-0.39, 0.29) is 6.04 Å². The van der Waals surface area contributed by atoms with Crippen LogP contribution in [0.4, 0.5) is 0 Å². The van der Waals surface area contributed by atoms with Crippen LogP contribution >= 0.6 is 34.8 Å². The zero-order valence-electron chi connectivity index (χ0n) is 10.5.